The molecule has 0 radical (unpaired) electrons. The fourth-order valence-corrected chi connectivity index (χ4v) is 5.00. The third kappa shape index (κ3) is 10.8. The van der Waals surface area contributed by atoms with Crippen LogP contribution in [-0.4, -0.2) is 70.9 Å². The molecule has 0 aliphatic heterocycles. The SMILES string of the molecule is COC[C@@H](CN(CCCCNS(=O)(=O)c1ccc(F)cc1Cl)C(=O)NC(C)C)OC(=O)Nc1ccccc1. The second kappa shape index (κ2) is 15.5. The Balaban J connectivity index is 1.95. The summed E-state index contributed by atoms with van der Waals surface area (Å²) in [4.78, 5) is 26.5. The highest BCUT2D eigenvalue weighted by Gasteiger charge is 2.23. The second-order valence-electron chi connectivity index (χ2n) is 8.70. The van der Waals surface area contributed by atoms with Gasteiger partial charge in [-0.3, -0.25) is 5.32 Å². The van der Waals surface area contributed by atoms with E-state index in [1.54, 1.807) is 24.3 Å². The van der Waals surface area contributed by atoms with E-state index < -0.39 is 28.0 Å². The summed E-state index contributed by atoms with van der Waals surface area (Å²) >= 11 is 5.87. The van der Waals surface area contributed by atoms with E-state index in [4.69, 9.17) is 21.1 Å². The molecule has 3 N–H and O–H groups in total. The Kier molecular flexibility index (Phi) is 12.7. The van der Waals surface area contributed by atoms with Crippen molar-refractivity contribution in [2.24, 2.45) is 0 Å². The van der Waals surface area contributed by atoms with E-state index in [0.717, 1.165) is 18.2 Å². The maximum Gasteiger partial charge on any atom is 0.412 e. The number of halogens is 2. The van der Waals surface area contributed by atoms with E-state index >= 15 is 0 Å². The number of rotatable bonds is 14. The monoisotopic (exact) mass is 572 g/mol. The van der Waals surface area contributed by atoms with Gasteiger partial charge in [0.25, 0.3) is 0 Å². The number of para-hydroxylation sites is 1. The number of benzene rings is 2. The smallest absolute Gasteiger partial charge is 0.412 e. The first kappa shape index (κ1) is 31.3. The number of hydrogen-bond acceptors (Lipinski definition) is 6. The molecular weight excluding hydrogens is 539 g/mol. The van der Waals surface area contributed by atoms with E-state index in [-0.39, 0.29) is 48.2 Å². The van der Waals surface area contributed by atoms with Gasteiger partial charge < -0.3 is 19.7 Å². The molecule has 210 valence electrons. The van der Waals surface area contributed by atoms with Crippen molar-refractivity contribution in [2.75, 3.05) is 38.7 Å². The highest BCUT2D eigenvalue weighted by Crippen LogP contribution is 2.22. The standard InChI is InChI=1S/C25H34ClFN4O6S/c1-18(2)29-24(32)31(16-21(17-36-3)37-25(33)30-20-9-5-4-6-10-20)14-8-7-13-28-38(34,35)23-12-11-19(27)15-22(23)26/h4-6,9-12,15,18,21,28H,7-8,13-14,16-17H2,1-3H3,(H,29,32)(H,30,33)/t21-/m1/s1. The normalized spacial score (nSPS) is 12.2. The molecule has 0 aromatic heterocycles. The molecule has 0 saturated carbocycles. The molecule has 2 rings (SSSR count). The number of unbranched alkanes of at least 4 members (excludes halogenated alkanes) is 1. The van der Waals surface area contributed by atoms with Crippen LogP contribution in [0.2, 0.25) is 5.02 Å². The minimum atomic E-state index is -3.93. The molecule has 2 aromatic carbocycles. The van der Waals surface area contributed by atoms with Crippen molar-refractivity contribution in [3.63, 3.8) is 0 Å². The van der Waals surface area contributed by atoms with E-state index in [2.05, 4.69) is 15.4 Å². The minimum Gasteiger partial charge on any atom is -0.442 e. The van der Waals surface area contributed by atoms with Crippen LogP contribution in [0.25, 0.3) is 0 Å². The van der Waals surface area contributed by atoms with E-state index in [1.165, 1.54) is 12.0 Å². The maximum atomic E-state index is 13.2. The second-order valence-corrected chi connectivity index (χ2v) is 10.8. The van der Waals surface area contributed by atoms with Gasteiger partial charge in [-0.05, 0) is 57.0 Å². The highest BCUT2D eigenvalue weighted by molar-refractivity contribution is 7.89. The summed E-state index contributed by atoms with van der Waals surface area (Å²) in [6, 6.07) is 11.4. The summed E-state index contributed by atoms with van der Waals surface area (Å²) in [5, 5.41) is 5.23. The van der Waals surface area contributed by atoms with Gasteiger partial charge in [-0.25, -0.2) is 27.1 Å². The number of methoxy groups -OCH3 is 1. The lowest BCUT2D eigenvalue weighted by Crippen LogP contribution is -2.48. The Labute approximate surface area is 227 Å². The lowest BCUT2D eigenvalue weighted by atomic mass is 10.2. The van der Waals surface area contributed by atoms with Crippen LogP contribution in [0.1, 0.15) is 26.7 Å². The van der Waals surface area contributed by atoms with Gasteiger partial charge in [0.05, 0.1) is 18.2 Å². The number of carbonyl (C=O) groups excluding carboxylic acids is 2. The van der Waals surface area contributed by atoms with Crippen molar-refractivity contribution >= 4 is 39.4 Å². The third-order valence-corrected chi connectivity index (χ3v) is 7.04. The molecule has 0 heterocycles. The fourth-order valence-electron chi connectivity index (χ4n) is 3.39. The quantitative estimate of drug-likeness (QED) is 0.291. The van der Waals surface area contributed by atoms with Crippen molar-refractivity contribution in [1.82, 2.24) is 14.9 Å². The molecule has 0 saturated heterocycles. The molecule has 38 heavy (non-hydrogen) atoms. The summed E-state index contributed by atoms with van der Waals surface area (Å²) in [6.45, 7) is 4.11. The van der Waals surface area contributed by atoms with Crippen LogP contribution in [0.4, 0.5) is 19.7 Å². The number of nitrogens with zero attached hydrogens (tertiary/aromatic N) is 1. The van der Waals surface area contributed by atoms with Crippen LogP contribution in [-0.2, 0) is 19.5 Å². The number of urea groups is 1. The number of amides is 3. The van der Waals surface area contributed by atoms with Crippen molar-refractivity contribution in [3.8, 4) is 0 Å². The Bertz CT molecular complexity index is 1150. The van der Waals surface area contributed by atoms with Gasteiger partial charge in [-0.15, -0.1) is 0 Å². The highest BCUT2D eigenvalue weighted by atomic mass is 35.5. The molecule has 10 nitrogen and oxygen atoms in total. The Hall–Kier alpha value is -2.93. The van der Waals surface area contributed by atoms with Crippen LogP contribution in [0.15, 0.2) is 53.4 Å². The zero-order valence-corrected chi connectivity index (χ0v) is 23.1. The molecule has 1 atom stereocenters. The topological polar surface area (TPSA) is 126 Å². The van der Waals surface area contributed by atoms with Crippen LogP contribution in [0.5, 0.6) is 0 Å². The number of sulfonamides is 1. The lowest BCUT2D eigenvalue weighted by molar-refractivity contribution is 0.0301. The summed E-state index contributed by atoms with van der Waals surface area (Å²) in [5.41, 5.74) is 0.562. The average molecular weight is 573 g/mol. The number of nitrogens with one attached hydrogen (secondary N) is 3. The van der Waals surface area contributed by atoms with Gasteiger partial charge in [0.1, 0.15) is 16.8 Å². The number of carbonyl (C=O) groups is 2. The van der Waals surface area contributed by atoms with E-state index in [0.29, 0.717) is 18.5 Å². The summed E-state index contributed by atoms with van der Waals surface area (Å²) in [5.74, 6) is -0.637. The number of anilines is 1. The molecule has 3 amide bonds. The largest absolute Gasteiger partial charge is 0.442 e. The van der Waals surface area contributed by atoms with Gasteiger partial charge in [-0.2, -0.15) is 0 Å². The predicted octanol–water partition coefficient (Wildman–Crippen LogP) is 4.22. The summed E-state index contributed by atoms with van der Waals surface area (Å²) in [6.07, 6.45) is -0.591. The molecule has 0 aliphatic rings. The predicted molar refractivity (Wildman–Crippen MR) is 143 cm³/mol. The zero-order chi connectivity index (χ0) is 28.1. The summed E-state index contributed by atoms with van der Waals surface area (Å²) < 4.78 is 51.3. The van der Waals surface area contributed by atoms with Gasteiger partial charge in [-0.1, -0.05) is 29.8 Å². The lowest BCUT2D eigenvalue weighted by Gasteiger charge is -2.28. The van der Waals surface area contributed by atoms with Crippen LogP contribution in [0.3, 0.4) is 0 Å². The van der Waals surface area contributed by atoms with Crippen molar-refractivity contribution in [3.05, 3.63) is 59.4 Å². The first-order chi connectivity index (χ1) is 18.0. The number of hydrogen-bond donors (Lipinski definition) is 3. The zero-order valence-electron chi connectivity index (χ0n) is 21.6. The van der Waals surface area contributed by atoms with Crippen molar-refractivity contribution in [2.45, 2.75) is 43.7 Å². The van der Waals surface area contributed by atoms with Crippen LogP contribution in [0, 0.1) is 5.82 Å². The first-order valence-electron chi connectivity index (χ1n) is 12.0. The molecular formula is C25H34ClFN4O6S. The van der Waals surface area contributed by atoms with Gasteiger partial charge in [0.2, 0.25) is 10.0 Å². The molecule has 0 aliphatic carbocycles. The summed E-state index contributed by atoms with van der Waals surface area (Å²) in [7, 11) is -2.47. The molecule has 0 spiro atoms. The Morgan fingerprint density at radius 1 is 1.11 bits per heavy atom. The van der Waals surface area contributed by atoms with Gasteiger partial charge in [0.15, 0.2) is 0 Å². The van der Waals surface area contributed by atoms with Gasteiger partial charge in [0, 0.05) is 31.9 Å². The third-order valence-electron chi connectivity index (χ3n) is 5.10. The van der Waals surface area contributed by atoms with Crippen molar-refractivity contribution in [1.29, 1.82) is 0 Å². The molecule has 13 heteroatoms. The first-order valence-corrected chi connectivity index (χ1v) is 13.9. The Morgan fingerprint density at radius 2 is 1.82 bits per heavy atom. The molecule has 0 unspecified atom stereocenters. The van der Waals surface area contributed by atoms with Crippen LogP contribution < -0.4 is 15.4 Å². The van der Waals surface area contributed by atoms with E-state index in [9.17, 15) is 22.4 Å². The average Bonchev–Trinajstić information content (AvgIpc) is 2.83. The fraction of sp³-hybridized carbons (Fsp3) is 0.440. The van der Waals surface area contributed by atoms with Crippen LogP contribution >= 0.6 is 11.6 Å². The Morgan fingerprint density at radius 3 is 2.45 bits per heavy atom. The molecule has 2 aromatic rings. The minimum absolute atomic E-state index is 0.0610. The number of ether oxygens (including phenoxy) is 2. The van der Waals surface area contributed by atoms with E-state index in [1.807, 2.05) is 19.9 Å². The van der Waals surface area contributed by atoms with Gasteiger partial charge >= 0.3 is 12.1 Å². The molecule has 0 bridgehead atoms. The van der Waals surface area contributed by atoms with Crippen molar-refractivity contribution < 1.29 is 31.9 Å². The molecule has 0 fully saturated rings. The maximum absolute atomic E-state index is 13.2.